The lowest BCUT2D eigenvalue weighted by atomic mass is 9.93. The number of hydrogen-bond donors (Lipinski definition) is 2. The molecule has 1 aliphatic carbocycles. The number of halogens is 1. The smallest absolute Gasteiger partial charge is 0.191 e. The number of rotatable bonds is 7. The average molecular weight is 382 g/mol. The third kappa shape index (κ3) is 9.49. The Morgan fingerprint density at radius 3 is 2.37 bits per heavy atom. The van der Waals surface area contributed by atoms with Crippen molar-refractivity contribution in [2.24, 2.45) is 16.3 Å². The topological polar surface area (TPSA) is 39.7 Å². The van der Waals surface area contributed by atoms with Crippen molar-refractivity contribution in [2.75, 3.05) is 40.3 Å². The molecule has 4 nitrogen and oxygen atoms in total. The molecular formula is C14H31IN4. The molecule has 19 heavy (non-hydrogen) atoms. The summed E-state index contributed by atoms with van der Waals surface area (Å²) in [7, 11) is 4.23. The molecule has 1 rings (SSSR count). The molecular weight excluding hydrogens is 351 g/mol. The van der Waals surface area contributed by atoms with E-state index < -0.39 is 0 Å². The number of guanidine groups is 1. The maximum Gasteiger partial charge on any atom is 0.191 e. The molecule has 0 aliphatic heterocycles. The van der Waals surface area contributed by atoms with Gasteiger partial charge in [0.2, 0.25) is 0 Å². The Labute approximate surface area is 135 Å². The monoisotopic (exact) mass is 382 g/mol. The molecule has 0 aromatic carbocycles. The van der Waals surface area contributed by atoms with Gasteiger partial charge in [-0.2, -0.15) is 0 Å². The van der Waals surface area contributed by atoms with Crippen LogP contribution in [0.5, 0.6) is 0 Å². The summed E-state index contributed by atoms with van der Waals surface area (Å²) >= 11 is 0. The second kappa shape index (κ2) is 9.00. The van der Waals surface area contributed by atoms with E-state index in [2.05, 4.69) is 50.4 Å². The van der Waals surface area contributed by atoms with Crippen LogP contribution in [0.3, 0.4) is 0 Å². The van der Waals surface area contributed by atoms with Gasteiger partial charge in [0, 0.05) is 26.2 Å². The van der Waals surface area contributed by atoms with Gasteiger partial charge in [-0.1, -0.05) is 13.8 Å². The summed E-state index contributed by atoms with van der Waals surface area (Å²) in [5.74, 6) is 1.85. The predicted octanol–water partition coefficient (Wildman–Crippen LogP) is 2.16. The van der Waals surface area contributed by atoms with Crippen LogP contribution in [0.2, 0.25) is 0 Å². The molecule has 0 spiro atoms. The van der Waals surface area contributed by atoms with Gasteiger partial charge in [-0.25, -0.2) is 0 Å². The molecule has 0 atom stereocenters. The van der Waals surface area contributed by atoms with Gasteiger partial charge in [-0.05, 0) is 45.2 Å². The minimum atomic E-state index is 0. The lowest BCUT2D eigenvalue weighted by Gasteiger charge is -2.26. The average Bonchev–Trinajstić information content (AvgIpc) is 3.04. The largest absolute Gasteiger partial charge is 0.357 e. The van der Waals surface area contributed by atoms with Crippen molar-refractivity contribution in [3.8, 4) is 0 Å². The Morgan fingerprint density at radius 1 is 1.26 bits per heavy atom. The van der Waals surface area contributed by atoms with Crippen LogP contribution in [0.4, 0.5) is 0 Å². The van der Waals surface area contributed by atoms with Crippen LogP contribution in [0.25, 0.3) is 0 Å². The van der Waals surface area contributed by atoms with Crippen LogP contribution in [0.15, 0.2) is 4.99 Å². The molecule has 0 amide bonds. The number of aliphatic imine (C=N–C) groups is 1. The zero-order chi connectivity index (χ0) is 13.6. The van der Waals surface area contributed by atoms with Gasteiger partial charge in [-0.15, -0.1) is 24.0 Å². The van der Waals surface area contributed by atoms with E-state index >= 15 is 0 Å². The molecule has 0 unspecified atom stereocenters. The van der Waals surface area contributed by atoms with E-state index in [1.807, 2.05) is 0 Å². The fraction of sp³-hybridized carbons (Fsp3) is 0.929. The highest BCUT2D eigenvalue weighted by Crippen LogP contribution is 2.27. The molecule has 114 valence electrons. The van der Waals surface area contributed by atoms with Gasteiger partial charge in [0.05, 0.1) is 0 Å². The van der Waals surface area contributed by atoms with Crippen molar-refractivity contribution in [1.29, 1.82) is 0 Å². The third-order valence-corrected chi connectivity index (χ3v) is 3.01. The van der Waals surface area contributed by atoms with Crippen LogP contribution in [-0.4, -0.2) is 51.1 Å². The van der Waals surface area contributed by atoms with Crippen molar-refractivity contribution in [2.45, 2.75) is 33.6 Å². The first kappa shape index (κ1) is 19.0. The van der Waals surface area contributed by atoms with Gasteiger partial charge in [0.25, 0.3) is 0 Å². The Kier molecular flexibility index (Phi) is 8.98. The number of hydrogen-bond acceptors (Lipinski definition) is 2. The zero-order valence-electron chi connectivity index (χ0n) is 13.1. The summed E-state index contributed by atoms with van der Waals surface area (Å²) in [5, 5.41) is 6.75. The Hall–Kier alpha value is -0.0400. The highest BCUT2D eigenvalue weighted by Gasteiger charge is 2.22. The first-order valence-corrected chi connectivity index (χ1v) is 7.10. The summed E-state index contributed by atoms with van der Waals surface area (Å²) < 4.78 is 0. The highest BCUT2D eigenvalue weighted by atomic mass is 127. The molecule has 0 aromatic heterocycles. The lowest BCUT2D eigenvalue weighted by Crippen LogP contribution is -2.40. The van der Waals surface area contributed by atoms with E-state index in [4.69, 9.17) is 4.99 Å². The summed E-state index contributed by atoms with van der Waals surface area (Å²) in [6, 6.07) is 0. The molecule has 0 aromatic rings. The SMILES string of the molecule is CCNC(=NCC(C)(C)CN(C)C)NCC1CC1.I. The predicted molar refractivity (Wildman–Crippen MR) is 94.5 cm³/mol. The molecule has 0 bridgehead atoms. The molecule has 0 heterocycles. The van der Waals surface area contributed by atoms with Crippen LogP contribution in [-0.2, 0) is 0 Å². The second-order valence-corrected chi connectivity index (χ2v) is 6.42. The molecule has 1 aliphatic rings. The van der Waals surface area contributed by atoms with Gasteiger partial charge in [-0.3, -0.25) is 4.99 Å². The van der Waals surface area contributed by atoms with Crippen molar-refractivity contribution < 1.29 is 0 Å². The Balaban J connectivity index is 0.00000324. The zero-order valence-corrected chi connectivity index (χ0v) is 15.5. The van der Waals surface area contributed by atoms with E-state index in [0.29, 0.717) is 0 Å². The van der Waals surface area contributed by atoms with Crippen LogP contribution < -0.4 is 10.6 Å². The van der Waals surface area contributed by atoms with Crippen molar-refractivity contribution in [1.82, 2.24) is 15.5 Å². The maximum atomic E-state index is 4.71. The maximum absolute atomic E-state index is 4.71. The normalized spacial score (nSPS) is 16.2. The Bertz CT molecular complexity index is 273. The van der Waals surface area contributed by atoms with E-state index in [1.54, 1.807) is 0 Å². The summed E-state index contributed by atoms with van der Waals surface area (Å²) in [6.45, 7) is 10.5. The summed E-state index contributed by atoms with van der Waals surface area (Å²) in [4.78, 5) is 6.93. The van der Waals surface area contributed by atoms with Crippen molar-refractivity contribution in [3.63, 3.8) is 0 Å². The van der Waals surface area contributed by atoms with E-state index in [-0.39, 0.29) is 29.4 Å². The molecule has 0 radical (unpaired) electrons. The summed E-state index contributed by atoms with van der Waals surface area (Å²) in [6.07, 6.45) is 2.75. The Morgan fingerprint density at radius 2 is 1.89 bits per heavy atom. The summed E-state index contributed by atoms with van der Waals surface area (Å²) in [5.41, 5.74) is 0.214. The minimum Gasteiger partial charge on any atom is -0.357 e. The van der Waals surface area contributed by atoms with Gasteiger partial charge in [0.15, 0.2) is 5.96 Å². The fourth-order valence-electron chi connectivity index (χ4n) is 2.10. The minimum absolute atomic E-state index is 0. The molecule has 0 saturated heterocycles. The van der Waals surface area contributed by atoms with Crippen LogP contribution in [0, 0.1) is 11.3 Å². The molecule has 1 saturated carbocycles. The fourth-order valence-corrected chi connectivity index (χ4v) is 2.10. The van der Waals surface area contributed by atoms with Gasteiger partial charge in [0.1, 0.15) is 0 Å². The van der Waals surface area contributed by atoms with E-state index in [1.165, 1.54) is 12.8 Å². The van der Waals surface area contributed by atoms with E-state index in [9.17, 15) is 0 Å². The van der Waals surface area contributed by atoms with Crippen LogP contribution in [0.1, 0.15) is 33.6 Å². The second-order valence-electron chi connectivity index (χ2n) is 6.42. The number of nitrogens with zero attached hydrogens (tertiary/aromatic N) is 2. The van der Waals surface area contributed by atoms with Crippen LogP contribution >= 0.6 is 24.0 Å². The first-order valence-electron chi connectivity index (χ1n) is 7.10. The van der Waals surface area contributed by atoms with E-state index in [0.717, 1.165) is 38.1 Å². The van der Waals surface area contributed by atoms with Gasteiger partial charge >= 0.3 is 0 Å². The standard InChI is InChI=1S/C14H30N4.HI/c1-6-15-13(16-9-12-7-8-12)17-10-14(2,3)11-18(4)5;/h12H,6-11H2,1-5H3,(H2,15,16,17);1H. The molecule has 1 fully saturated rings. The quantitative estimate of drug-likeness (QED) is 0.403. The third-order valence-electron chi connectivity index (χ3n) is 3.01. The highest BCUT2D eigenvalue weighted by molar-refractivity contribution is 14.0. The molecule has 5 heteroatoms. The lowest BCUT2D eigenvalue weighted by molar-refractivity contribution is 0.248. The van der Waals surface area contributed by atoms with Crippen molar-refractivity contribution in [3.05, 3.63) is 0 Å². The number of nitrogens with one attached hydrogen (secondary N) is 2. The van der Waals surface area contributed by atoms with Gasteiger partial charge < -0.3 is 15.5 Å². The first-order chi connectivity index (χ1) is 8.43. The molecule has 2 N–H and O–H groups in total. The van der Waals surface area contributed by atoms with Crippen molar-refractivity contribution >= 4 is 29.9 Å².